The summed E-state index contributed by atoms with van der Waals surface area (Å²) in [5.41, 5.74) is 1.38. The SMILES string of the molecule is COC(=O)c1ccc(NC(=O)c2ccc(Cl)nc2)cc1. The number of hydrogen-bond donors (Lipinski definition) is 1. The first-order chi connectivity index (χ1) is 9.60. The van der Waals surface area contributed by atoms with Crippen molar-refractivity contribution in [2.75, 3.05) is 12.4 Å². The molecule has 1 N–H and O–H groups in total. The molecule has 0 fully saturated rings. The summed E-state index contributed by atoms with van der Waals surface area (Å²) >= 11 is 5.65. The Balaban J connectivity index is 2.08. The molecule has 0 spiro atoms. The normalized spacial score (nSPS) is 9.90. The molecule has 1 aromatic carbocycles. The minimum absolute atomic E-state index is 0.306. The predicted octanol–water partition coefficient (Wildman–Crippen LogP) is 2.77. The Hall–Kier alpha value is -2.40. The molecule has 0 radical (unpaired) electrons. The highest BCUT2D eigenvalue weighted by Crippen LogP contribution is 2.12. The Kier molecular flexibility index (Phi) is 4.32. The lowest BCUT2D eigenvalue weighted by atomic mass is 10.2. The second kappa shape index (κ2) is 6.16. The molecule has 0 aliphatic rings. The van der Waals surface area contributed by atoms with Crippen LogP contribution in [0.3, 0.4) is 0 Å². The number of methoxy groups -OCH3 is 1. The molecule has 102 valence electrons. The van der Waals surface area contributed by atoms with Gasteiger partial charge in [0.25, 0.3) is 5.91 Å². The zero-order valence-corrected chi connectivity index (χ0v) is 11.3. The average molecular weight is 291 g/mol. The molecule has 2 rings (SSSR count). The number of halogens is 1. The molecular formula is C14H11ClN2O3. The molecule has 0 saturated carbocycles. The molecule has 0 unspecified atom stereocenters. The van der Waals surface area contributed by atoms with Crippen LogP contribution in [0.15, 0.2) is 42.6 Å². The molecule has 1 amide bonds. The van der Waals surface area contributed by atoms with Crippen molar-refractivity contribution in [2.45, 2.75) is 0 Å². The first-order valence-corrected chi connectivity index (χ1v) is 6.09. The highest BCUT2D eigenvalue weighted by Gasteiger charge is 2.08. The van der Waals surface area contributed by atoms with Crippen LogP contribution < -0.4 is 5.32 Å². The van der Waals surface area contributed by atoms with Crippen LogP contribution >= 0.6 is 11.6 Å². The molecule has 0 aliphatic heterocycles. The maximum Gasteiger partial charge on any atom is 0.337 e. The summed E-state index contributed by atoms with van der Waals surface area (Å²) < 4.78 is 4.59. The van der Waals surface area contributed by atoms with Crippen LogP contribution in [0.25, 0.3) is 0 Å². The van der Waals surface area contributed by atoms with Crippen LogP contribution in [0.1, 0.15) is 20.7 Å². The molecule has 0 saturated heterocycles. The Labute approximate surface area is 120 Å². The summed E-state index contributed by atoms with van der Waals surface area (Å²) in [5.74, 6) is -0.732. The highest BCUT2D eigenvalue weighted by molar-refractivity contribution is 6.29. The van der Waals surface area contributed by atoms with Crippen molar-refractivity contribution >= 4 is 29.2 Å². The number of carbonyl (C=O) groups excluding carboxylic acids is 2. The third kappa shape index (κ3) is 3.33. The molecule has 0 atom stereocenters. The van der Waals surface area contributed by atoms with Crippen LogP contribution in [0, 0.1) is 0 Å². The maximum absolute atomic E-state index is 11.9. The van der Waals surface area contributed by atoms with Crippen molar-refractivity contribution in [3.8, 4) is 0 Å². The largest absolute Gasteiger partial charge is 0.465 e. The zero-order valence-electron chi connectivity index (χ0n) is 10.6. The fraction of sp³-hybridized carbons (Fsp3) is 0.0714. The highest BCUT2D eigenvalue weighted by atomic mass is 35.5. The molecule has 1 heterocycles. The maximum atomic E-state index is 11.9. The van der Waals surface area contributed by atoms with Crippen LogP contribution in [-0.4, -0.2) is 24.0 Å². The van der Waals surface area contributed by atoms with Crippen LogP contribution in [0.5, 0.6) is 0 Å². The van der Waals surface area contributed by atoms with Gasteiger partial charge in [0.05, 0.1) is 18.2 Å². The Morgan fingerprint density at radius 2 is 1.75 bits per heavy atom. The summed E-state index contributed by atoms with van der Waals surface area (Å²) in [4.78, 5) is 27.0. The fourth-order valence-electron chi connectivity index (χ4n) is 1.52. The van der Waals surface area contributed by atoms with Gasteiger partial charge in [-0.1, -0.05) is 11.6 Å². The van der Waals surface area contributed by atoms with E-state index >= 15 is 0 Å². The van der Waals surface area contributed by atoms with E-state index in [1.807, 2.05) is 0 Å². The van der Waals surface area contributed by atoms with Gasteiger partial charge in [-0.2, -0.15) is 0 Å². The number of rotatable bonds is 3. The summed E-state index contributed by atoms with van der Waals surface area (Å²) in [5, 5.41) is 3.01. The van der Waals surface area contributed by atoms with E-state index in [0.717, 1.165) is 0 Å². The van der Waals surface area contributed by atoms with Gasteiger partial charge in [-0.25, -0.2) is 9.78 Å². The van der Waals surface area contributed by atoms with Crippen LogP contribution in [-0.2, 0) is 4.74 Å². The number of esters is 1. The number of ether oxygens (including phenoxy) is 1. The van der Waals surface area contributed by atoms with Crippen molar-refractivity contribution in [1.29, 1.82) is 0 Å². The summed E-state index contributed by atoms with van der Waals surface area (Å²) in [6, 6.07) is 9.49. The minimum atomic E-state index is -0.426. The van der Waals surface area contributed by atoms with Gasteiger partial charge >= 0.3 is 5.97 Å². The van der Waals surface area contributed by atoms with Gasteiger partial charge in [-0.3, -0.25) is 4.79 Å². The number of benzene rings is 1. The van der Waals surface area contributed by atoms with E-state index in [0.29, 0.717) is 22.0 Å². The number of nitrogens with zero attached hydrogens (tertiary/aromatic N) is 1. The fourth-order valence-corrected chi connectivity index (χ4v) is 1.63. The summed E-state index contributed by atoms with van der Waals surface area (Å²) in [6.07, 6.45) is 1.39. The van der Waals surface area contributed by atoms with E-state index in [1.165, 1.54) is 19.4 Å². The number of pyridine rings is 1. The van der Waals surface area contributed by atoms with Crippen molar-refractivity contribution in [3.63, 3.8) is 0 Å². The predicted molar refractivity (Wildman–Crippen MR) is 75.0 cm³/mol. The first kappa shape index (κ1) is 14.0. The molecule has 0 bridgehead atoms. The number of nitrogens with one attached hydrogen (secondary N) is 1. The topological polar surface area (TPSA) is 68.3 Å². The lowest BCUT2D eigenvalue weighted by molar-refractivity contribution is 0.0600. The molecular weight excluding hydrogens is 280 g/mol. The standard InChI is InChI=1S/C14H11ClN2O3/c1-20-14(19)9-2-5-11(6-3-9)17-13(18)10-4-7-12(15)16-8-10/h2-8H,1H3,(H,17,18). The third-order valence-electron chi connectivity index (χ3n) is 2.55. The second-order valence-electron chi connectivity index (χ2n) is 3.89. The number of aromatic nitrogens is 1. The Bertz CT molecular complexity index is 624. The van der Waals surface area contributed by atoms with Crippen molar-refractivity contribution in [1.82, 2.24) is 4.98 Å². The quantitative estimate of drug-likeness (QED) is 0.697. The van der Waals surface area contributed by atoms with Gasteiger partial charge < -0.3 is 10.1 Å². The van der Waals surface area contributed by atoms with Crippen molar-refractivity contribution in [3.05, 3.63) is 58.9 Å². The molecule has 2 aromatic rings. The molecule has 1 aromatic heterocycles. The van der Waals surface area contributed by atoms with E-state index in [9.17, 15) is 9.59 Å². The lowest BCUT2D eigenvalue weighted by Crippen LogP contribution is -2.12. The van der Waals surface area contributed by atoms with E-state index in [2.05, 4.69) is 15.0 Å². The smallest absolute Gasteiger partial charge is 0.337 e. The second-order valence-corrected chi connectivity index (χ2v) is 4.28. The average Bonchev–Trinajstić information content (AvgIpc) is 2.48. The molecule has 6 heteroatoms. The molecule has 0 aliphatic carbocycles. The van der Waals surface area contributed by atoms with Gasteiger partial charge in [0, 0.05) is 11.9 Å². The Morgan fingerprint density at radius 3 is 2.30 bits per heavy atom. The minimum Gasteiger partial charge on any atom is -0.465 e. The van der Waals surface area contributed by atoms with Crippen LogP contribution in [0.4, 0.5) is 5.69 Å². The summed E-state index contributed by atoms with van der Waals surface area (Å²) in [7, 11) is 1.31. The lowest BCUT2D eigenvalue weighted by Gasteiger charge is -2.06. The van der Waals surface area contributed by atoms with E-state index in [-0.39, 0.29) is 5.91 Å². The molecule has 5 nitrogen and oxygen atoms in total. The number of anilines is 1. The molecule has 20 heavy (non-hydrogen) atoms. The van der Waals surface area contributed by atoms with Gasteiger partial charge in [-0.15, -0.1) is 0 Å². The van der Waals surface area contributed by atoms with Crippen molar-refractivity contribution in [2.24, 2.45) is 0 Å². The van der Waals surface area contributed by atoms with E-state index in [4.69, 9.17) is 11.6 Å². The van der Waals surface area contributed by atoms with Gasteiger partial charge in [-0.05, 0) is 36.4 Å². The summed E-state index contributed by atoms with van der Waals surface area (Å²) in [6.45, 7) is 0. The number of amides is 1. The third-order valence-corrected chi connectivity index (χ3v) is 2.78. The zero-order chi connectivity index (χ0) is 14.5. The monoisotopic (exact) mass is 290 g/mol. The number of hydrogen-bond acceptors (Lipinski definition) is 4. The number of carbonyl (C=O) groups is 2. The van der Waals surface area contributed by atoms with E-state index < -0.39 is 5.97 Å². The van der Waals surface area contributed by atoms with Gasteiger partial charge in [0.15, 0.2) is 0 Å². The van der Waals surface area contributed by atoms with Gasteiger partial charge in [0.2, 0.25) is 0 Å². The van der Waals surface area contributed by atoms with Gasteiger partial charge in [0.1, 0.15) is 5.15 Å². The van der Waals surface area contributed by atoms with Crippen molar-refractivity contribution < 1.29 is 14.3 Å². The van der Waals surface area contributed by atoms with Crippen LogP contribution in [0.2, 0.25) is 5.15 Å². The van der Waals surface area contributed by atoms with E-state index in [1.54, 1.807) is 30.3 Å². The first-order valence-electron chi connectivity index (χ1n) is 5.71. The Morgan fingerprint density at radius 1 is 1.10 bits per heavy atom.